The van der Waals surface area contributed by atoms with Gasteiger partial charge in [0.05, 0.1) is 11.5 Å². The van der Waals surface area contributed by atoms with E-state index in [1.54, 1.807) is 24.1 Å². The third-order valence-corrected chi connectivity index (χ3v) is 4.07. The molecule has 0 bridgehead atoms. The number of carbonyl (C=O) groups excluding carboxylic acids is 1. The molecule has 0 unspecified atom stereocenters. The average Bonchev–Trinajstić information content (AvgIpc) is 2.43. The molecule has 0 radical (unpaired) electrons. The second kappa shape index (κ2) is 9.66. The molecule has 8 heteroatoms. The largest absolute Gasteiger partial charge is 0.494 e. The van der Waals surface area contributed by atoms with Crippen LogP contribution in [0.25, 0.3) is 0 Å². The molecule has 0 saturated carbocycles. The van der Waals surface area contributed by atoms with E-state index in [1.165, 1.54) is 12.1 Å². The zero-order chi connectivity index (χ0) is 15.9. The number of hydrogen-bond acceptors (Lipinski definition) is 5. The molecule has 1 rings (SSSR count). The van der Waals surface area contributed by atoms with E-state index in [0.717, 1.165) is 6.26 Å². The number of rotatable bonds is 8. The molecule has 126 valence electrons. The van der Waals surface area contributed by atoms with E-state index in [2.05, 4.69) is 0 Å². The molecule has 0 fully saturated rings. The summed E-state index contributed by atoms with van der Waals surface area (Å²) < 4.78 is 28.1. The summed E-state index contributed by atoms with van der Waals surface area (Å²) in [6.45, 7) is 1.41. The van der Waals surface area contributed by atoms with Crippen molar-refractivity contribution in [3.63, 3.8) is 0 Å². The number of nitrogens with zero attached hydrogens (tertiary/aromatic N) is 1. The van der Waals surface area contributed by atoms with Crippen molar-refractivity contribution in [3.05, 3.63) is 24.3 Å². The highest BCUT2D eigenvalue weighted by atomic mass is 35.5. The van der Waals surface area contributed by atoms with Crippen molar-refractivity contribution >= 4 is 28.2 Å². The van der Waals surface area contributed by atoms with E-state index in [9.17, 15) is 13.2 Å². The van der Waals surface area contributed by atoms with Crippen molar-refractivity contribution < 1.29 is 17.9 Å². The van der Waals surface area contributed by atoms with Gasteiger partial charge in [-0.2, -0.15) is 0 Å². The number of halogens is 1. The lowest BCUT2D eigenvalue weighted by atomic mass is 10.3. The fraction of sp³-hybridized carbons (Fsp3) is 0.500. The predicted molar refractivity (Wildman–Crippen MR) is 88.2 cm³/mol. The number of nitrogens with two attached hydrogens (primary N) is 1. The van der Waals surface area contributed by atoms with Gasteiger partial charge in [0, 0.05) is 32.8 Å². The quantitative estimate of drug-likeness (QED) is 0.709. The normalized spacial score (nSPS) is 10.7. The molecule has 0 aliphatic rings. The van der Waals surface area contributed by atoms with Gasteiger partial charge in [-0.3, -0.25) is 4.79 Å². The summed E-state index contributed by atoms with van der Waals surface area (Å²) in [5.74, 6) is 0.633. The Balaban J connectivity index is 0.00000441. The third kappa shape index (κ3) is 7.11. The zero-order valence-electron chi connectivity index (χ0n) is 12.8. The monoisotopic (exact) mass is 350 g/mol. The maximum Gasteiger partial charge on any atom is 0.223 e. The van der Waals surface area contributed by atoms with Gasteiger partial charge >= 0.3 is 0 Å². The Morgan fingerprint density at radius 1 is 1.27 bits per heavy atom. The highest BCUT2D eigenvalue weighted by Crippen LogP contribution is 2.15. The molecule has 1 aromatic carbocycles. The summed E-state index contributed by atoms with van der Waals surface area (Å²) in [6, 6.07) is 6.28. The van der Waals surface area contributed by atoms with Crippen molar-refractivity contribution in [3.8, 4) is 5.75 Å². The van der Waals surface area contributed by atoms with Crippen LogP contribution in [0.2, 0.25) is 0 Å². The van der Waals surface area contributed by atoms with Crippen LogP contribution >= 0.6 is 12.4 Å². The molecule has 0 aromatic heterocycles. The minimum absolute atomic E-state index is 0. The Labute approximate surface area is 138 Å². The van der Waals surface area contributed by atoms with Gasteiger partial charge < -0.3 is 15.4 Å². The van der Waals surface area contributed by atoms with Gasteiger partial charge in [-0.15, -0.1) is 12.4 Å². The van der Waals surface area contributed by atoms with Gasteiger partial charge in [0.2, 0.25) is 5.91 Å². The van der Waals surface area contributed by atoms with Crippen LogP contribution in [0, 0.1) is 0 Å². The molecule has 0 aliphatic heterocycles. The molecular formula is C14H23ClN2O4S. The number of hydrogen-bond donors (Lipinski definition) is 1. The smallest absolute Gasteiger partial charge is 0.223 e. The van der Waals surface area contributed by atoms with E-state index in [1.807, 2.05) is 0 Å². The molecule has 1 amide bonds. The van der Waals surface area contributed by atoms with Crippen LogP contribution in [-0.2, 0) is 14.6 Å². The maximum absolute atomic E-state index is 11.5. The molecule has 1 aromatic rings. The second-order valence-electron chi connectivity index (χ2n) is 4.80. The average molecular weight is 351 g/mol. The first-order valence-corrected chi connectivity index (χ1v) is 8.60. The summed E-state index contributed by atoms with van der Waals surface area (Å²) in [5.41, 5.74) is 5.33. The van der Waals surface area contributed by atoms with Crippen LogP contribution in [0.1, 0.15) is 12.8 Å². The van der Waals surface area contributed by atoms with Gasteiger partial charge in [-0.05, 0) is 30.7 Å². The van der Waals surface area contributed by atoms with Crippen molar-refractivity contribution in [1.82, 2.24) is 4.90 Å². The van der Waals surface area contributed by atoms with Crippen molar-refractivity contribution in [1.29, 1.82) is 0 Å². The number of ether oxygens (including phenoxy) is 1. The zero-order valence-corrected chi connectivity index (χ0v) is 14.5. The predicted octanol–water partition coefficient (Wildman–Crippen LogP) is 1.09. The number of amides is 1. The minimum atomic E-state index is -3.18. The fourth-order valence-corrected chi connectivity index (χ4v) is 2.34. The van der Waals surface area contributed by atoms with Crippen LogP contribution in [0.5, 0.6) is 5.75 Å². The summed E-state index contributed by atoms with van der Waals surface area (Å²) in [4.78, 5) is 13.4. The Kier molecular flexibility index (Phi) is 9.08. The van der Waals surface area contributed by atoms with Crippen molar-refractivity contribution in [2.24, 2.45) is 5.73 Å². The van der Waals surface area contributed by atoms with Gasteiger partial charge in [0.15, 0.2) is 9.84 Å². The lowest BCUT2D eigenvalue weighted by Crippen LogP contribution is -2.30. The number of sulfone groups is 1. The highest BCUT2D eigenvalue weighted by molar-refractivity contribution is 7.90. The Morgan fingerprint density at radius 2 is 1.86 bits per heavy atom. The Hall–Kier alpha value is -1.31. The van der Waals surface area contributed by atoms with E-state index < -0.39 is 9.84 Å². The summed E-state index contributed by atoms with van der Waals surface area (Å²) in [6.07, 6.45) is 2.21. The first-order chi connectivity index (χ1) is 9.84. The molecule has 0 atom stereocenters. The van der Waals surface area contributed by atoms with Gasteiger partial charge in [0.25, 0.3) is 0 Å². The van der Waals surface area contributed by atoms with Crippen LogP contribution in [0.4, 0.5) is 0 Å². The highest BCUT2D eigenvalue weighted by Gasteiger charge is 2.08. The molecule has 2 N–H and O–H groups in total. The van der Waals surface area contributed by atoms with Crippen molar-refractivity contribution in [2.45, 2.75) is 17.7 Å². The summed E-state index contributed by atoms with van der Waals surface area (Å²) in [7, 11) is -1.45. The van der Waals surface area contributed by atoms with Gasteiger partial charge in [-0.1, -0.05) is 0 Å². The lowest BCUT2D eigenvalue weighted by Gasteiger charge is -2.16. The maximum atomic E-state index is 11.5. The molecule has 0 heterocycles. The fourth-order valence-electron chi connectivity index (χ4n) is 1.71. The van der Waals surface area contributed by atoms with E-state index in [0.29, 0.717) is 38.3 Å². The molecule has 0 aliphatic carbocycles. The molecule has 0 spiro atoms. The van der Waals surface area contributed by atoms with E-state index >= 15 is 0 Å². The minimum Gasteiger partial charge on any atom is -0.494 e. The first-order valence-electron chi connectivity index (χ1n) is 6.71. The topological polar surface area (TPSA) is 89.7 Å². The summed E-state index contributed by atoms with van der Waals surface area (Å²) >= 11 is 0. The number of carbonyl (C=O) groups is 1. The molecule has 6 nitrogen and oxygen atoms in total. The van der Waals surface area contributed by atoms with Crippen LogP contribution in [0.15, 0.2) is 29.2 Å². The van der Waals surface area contributed by atoms with Crippen LogP contribution < -0.4 is 10.5 Å². The molecular weight excluding hydrogens is 328 g/mol. The SMILES string of the molecule is CN(CCCOc1ccc(S(C)(=O)=O)cc1)C(=O)CCN.Cl. The second-order valence-corrected chi connectivity index (χ2v) is 6.82. The van der Waals surface area contributed by atoms with E-state index in [-0.39, 0.29) is 23.2 Å². The Bertz CT molecular complexity index is 561. The first kappa shape index (κ1) is 20.7. The van der Waals surface area contributed by atoms with E-state index in [4.69, 9.17) is 10.5 Å². The molecule has 22 heavy (non-hydrogen) atoms. The van der Waals surface area contributed by atoms with Gasteiger partial charge in [-0.25, -0.2) is 8.42 Å². The third-order valence-electron chi connectivity index (χ3n) is 2.94. The van der Waals surface area contributed by atoms with Crippen LogP contribution in [-0.4, -0.2) is 52.2 Å². The van der Waals surface area contributed by atoms with Crippen molar-refractivity contribution in [2.75, 3.05) is 33.0 Å². The lowest BCUT2D eigenvalue weighted by molar-refractivity contribution is -0.129. The standard InChI is InChI=1S/C14H22N2O4S.ClH/c1-16(14(17)8-9-15)10-3-11-20-12-4-6-13(7-5-12)21(2,18)19;/h4-7H,3,8-11,15H2,1-2H3;1H. The van der Waals surface area contributed by atoms with Crippen LogP contribution in [0.3, 0.4) is 0 Å². The van der Waals surface area contributed by atoms with Gasteiger partial charge in [0.1, 0.15) is 5.75 Å². The Morgan fingerprint density at radius 3 is 2.36 bits per heavy atom. The number of benzene rings is 1. The molecule has 0 saturated heterocycles. The summed E-state index contributed by atoms with van der Waals surface area (Å²) in [5, 5.41) is 0.